The van der Waals surface area contributed by atoms with Crippen LogP contribution in [0, 0.1) is 5.82 Å². The number of benzene rings is 2. The summed E-state index contributed by atoms with van der Waals surface area (Å²) in [5.41, 5.74) is 3.61. The topological polar surface area (TPSA) is 59.8 Å². The first-order chi connectivity index (χ1) is 13.1. The van der Waals surface area contributed by atoms with Crippen LogP contribution in [-0.4, -0.2) is 20.7 Å². The van der Waals surface area contributed by atoms with Crippen LogP contribution < -0.4 is 5.32 Å². The molecule has 0 radical (unpaired) electrons. The maximum absolute atomic E-state index is 13.0. The first-order valence-electron chi connectivity index (χ1n) is 8.52. The Kier molecular flexibility index (Phi) is 4.38. The largest absolute Gasteiger partial charge is 0.348 e. The Morgan fingerprint density at radius 1 is 1.11 bits per heavy atom. The summed E-state index contributed by atoms with van der Waals surface area (Å²) in [5.74, 6) is -0.527. The maximum Gasteiger partial charge on any atom is 0.252 e. The van der Waals surface area contributed by atoms with E-state index in [2.05, 4.69) is 15.4 Å². The second kappa shape index (κ2) is 6.99. The van der Waals surface area contributed by atoms with E-state index in [4.69, 9.17) is 0 Å². The quantitative estimate of drug-likeness (QED) is 0.604. The third-order valence-electron chi connectivity index (χ3n) is 4.39. The number of aryl methyl sites for hydroxylation is 1. The Labute approximate surface area is 155 Å². The van der Waals surface area contributed by atoms with Gasteiger partial charge in [-0.3, -0.25) is 9.48 Å². The Balaban J connectivity index is 1.69. The fourth-order valence-electron chi connectivity index (χ4n) is 2.94. The molecule has 0 spiro atoms. The number of halogens is 1. The zero-order valence-corrected chi connectivity index (χ0v) is 14.7. The Bertz CT molecular complexity index is 1100. The van der Waals surface area contributed by atoms with Gasteiger partial charge in [0.05, 0.1) is 22.8 Å². The number of hydrogen-bond acceptors (Lipinski definition) is 3. The number of amides is 1. The fourth-order valence-corrected chi connectivity index (χ4v) is 2.94. The maximum atomic E-state index is 13.0. The summed E-state index contributed by atoms with van der Waals surface area (Å²) in [4.78, 5) is 17.5. The van der Waals surface area contributed by atoms with Gasteiger partial charge in [0.2, 0.25) is 0 Å². The van der Waals surface area contributed by atoms with E-state index in [1.165, 1.54) is 12.1 Å². The van der Waals surface area contributed by atoms with Gasteiger partial charge in [-0.15, -0.1) is 0 Å². The summed E-state index contributed by atoms with van der Waals surface area (Å²) >= 11 is 0. The van der Waals surface area contributed by atoms with Crippen molar-refractivity contribution < 1.29 is 9.18 Å². The van der Waals surface area contributed by atoms with Gasteiger partial charge in [0.1, 0.15) is 5.82 Å². The van der Waals surface area contributed by atoms with E-state index in [-0.39, 0.29) is 11.7 Å². The van der Waals surface area contributed by atoms with Crippen LogP contribution in [0.25, 0.3) is 22.3 Å². The van der Waals surface area contributed by atoms with Crippen LogP contribution in [0.3, 0.4) is 0 Å². The Hall–Kier alpha value is -3.54. The van der Waals surface area contributed by atoms with E-state index < -0.39 is 0 Å². The fraction of sp³-hybridized carbons (Fsp3) is 0.0952. The van der Waals surface area contributed by atoms with Crippen LogP contribution in [-0.2, 0) is 13.6 Å². The monoisotopic (exact) mass is 360 g/mol. The second-order valence-electron chi connectivity index (χ2n) is 6.24. The van der Waals surface area contributed by atoms with Gasteiger partial charge >= 0.3 is 0 Å². The third-order valence-corrected chi connectivity index (χ3v) is 4.39. The summed E-state index contributed by atoms with van der Waals surface area (Å²) in [7, 11) is 1.80. The molecule has 2 aromatic carbocycles. The third kappa shape index (κ3) is 3.42. The van der Waals surface area contributed by atoms with Crippen LogP contribution in [0.15, 0.2) is 66.9 Å². The zero-order chi connectivity index (χ0) is 18.8. The molecule has 5 nitrogen and oxygen atoms in total. The van der Waals surface area contributed by atoms with Crippen LogP contribution in [0.5, 0.6) is 0 Å². The highest BCUT2D eigenvalue weighted by molar-refractivity contribution is 6.06. The molecule has 0 atom stereocenters. The molecule has 2 aromatic heterocycles. The Morgan fingerprint density at radius 2 is 1.85 bits per heavy atom. The summed E-state index contributed by atoms with van der Waals surface area (Å²) < 4.78 is 14.7. The zero-order valence-electron chi connectivity index (χ0n) is 14.7. The van der Waals surface area contributed by atoms with E-state index in [9.17, 15) is 9.18 Å². The predicted octanol–water partition coefficient (Wildman–Crippen LogP) is 3.70. The van der Waals surface area contributed by atoms with Gasteiger partial charge in [-0.25, -0.2) is 9.37 Å². The molecule has 0 unspecified atom stereocenters. The SMILES string of the molecule is Cn1ncc2c(C(=O)NCc3ccc(F)cc3)cc(-c3ccccc3)nc21. The average Bonchev–Trinajstić information content (AvgIpc) is 3.08. The molecular formula is C21H17FN4O. The van der Waals surface area contributed by atoms with Gasteiger partial charge in [0.15, 0.2) is 5.65 Å². The Morgan fingerprint density at radius 3 is 2.59 bits per heavy atom. The first-order valence-corrected chi connectivity index (χ1v) is 8.52. The average molecular weight is 360 g/mol. The van der Waals surface area contributed by atoms with E-state index in [1.54, 1.807) is 36.1 Å². The number of hydrogen-bond donors (Lipinski definition) is 1. The first kappa shape index (κ1) is 16.9. The van der Waals surface area contributed by atoms with Gasteiger partial charge in [0.25, 0.3) is 5.91 Å². The summed E-state index contributed by atoms with van der Waals surface area (Å²) in [6.07, 6.45) is 1.64. The van der Waals surface area contributed by atoms with Crippen LogP contribution in [0.2, 0.25) is 0 Å². The molecule has 1 amide bonds. The number of pyridine rings is 1. The van der Waals surface area contributed by atoms with E-state index in [0.29, 0.717) is 28.8 Å². The normalized spacial score (nSPS) is 10.9. The molecular weight excluding hydrogens is 343 g/mol. The molecule has 0 aliphatic carbocycles. The van der Waals surface area contributed by atoms with Crippen LogP contribution >= 0.6 is 0 Å². The lowest BCUT2D eigenvalue weighted by atomic mass is 10.1. The van der Waals surface area contributed by atoms with Crippen molar-refractivity contribution in [1.82, 2.24) is 20.1 Å². The minimum absolute atomic E-state index is 0.225. The van der Waals surface area contributed by atoms with Crippen LogP contribution in [0.4, 0.5) is 4.39 Å². The summed E-state index contributed by atoms with van der Waals surface area (Å²) in [6, 6.07) is 17.5. The predicted molar refractivity (Wildman–Crippen MR) is 102 cm³/mol. The lowest BCUT2D eigenvalue weighted by Crippen LogP contribution is -2.23. The van der Waals surface area contributed by atoms with Crippen molar-refractivity contribution in [2.75, 3.05) is 0 Å². The lowest BCUT2D eigenvalue weighted by molar-refractivity contribution is 0.0952. The number of carbonyl (C=O) groups excluding carboxylic acids is 1. The minimum Gasteiger partial charge on any atom is -0.348 e. The summed E-state index contributed by atoms with van der Waals surface area (Å²) in [6.45, 7) is 0.309. The van der Waals surface area contributed by atoms with Crippen molar-refractivity contribution in [1.29, 1.82) is 0 Å². The van der Waals surface area contributed by atoms with Crippen molar-refractivity contribution in [2.45, 2.75) is 6.54 Å². The molecule has 0 saturated carbocycles. The number of nitrogens with one attached hydrogen (secondary N) is 1. The van der Waals surface area contributed by atoms with Crippen molar-refractivity contribution in [2.24, 2.45) is 7.05 Å². The van der Waals surface area contributed by atoms with Crippen molar-refractivity contribution in [3.05, 3.63) is 83.8 Å². The molecule has 4 rings (SSSR count). The molecule has 1 N–H and O–H groups in total. The number of aromatic nitrogens is 3. The molecule has 0 fully saturated rings. The smallest absolute Gasteiger partial charge is 0.252 e. The van der Waals surface area contributed by atoms with E-state index in [0.717, 1.165) is 11.1 Å². The number of fused-ring (bicyclic) bond motifs is 1. The molecule has 27 heavy (non-hydrogen) atoms. The van der Waals surface area contributed by atoms with Gasteiger partial charge < -0.3 is 5.32 Å². The lowest BCUT2D eigenvalue weighted by Gasteiger charge is -2.09. The highest BCUT2D eigenvalue weighted by Crippen LogP contribution is 2.24. The van der Waals surface area contributed by atoms with Gasteiger partial charge in [-0.05, 0) is 23.8 Å². The number of rotatable bonds is 4. The molecule has 6 heteroatoms. The molecule has 134 valence electrons. The molecule has 0 aliphatic heterocycles. The molecule has 2 heterocycles. The number of carbonyl (C=O) groups is 1. The molecule has 0 aliphatic rings. The highest BCUT2D eigenvalue weighted by atomic mass is 19.1. The van der Waals surface area contributed by atoms with E-state index in [1.807, 2.05) is 30.3 Å². The van der Waals surface area contributed by atoms with E-state index >= 15 is 0 Å². The molecule has 0 saturated heterocycles. The van der Waals surface area contributed by atoms with Gasteiger partial charge in [-0.1, -0.05) is 42.5 Å². The van der Waals surface area contributed by atoms with Crippen molar-refractivity contribution in [3.63, 3.8) is 0 Å². The second-order valence-corrected chi connectivity index (χ2v) is 6.24. The standard InChI is InChI=1S/C21H17FN4O/c1-26-20-18(13-24-26)17(11-19(25-20)15-5-3-2-4-6-15)21(27)23-12-14-7-9-16(22)10-8-14/h2-11,13H,12H2,1H3,(H,23,27). The number of nitrogens with zero attached hydrogens (tertiary/aromatic N) is 3. The van der Waals surface area contributed by atoms with Gasteiger partial charge in [0, 0.05) is 19.2 Å². The minimum atomic E-state index is -0.302. The van der Waals surface area contributed by atoms with Gasteiger partial charge in [-0.2, -0.15) is 5.10 Å². The van der Waals surface area contributed by atoms with Crippen molar-refractivity contribution >= 4 is 16.9 Å². The van der Waals surface area contributed by atoms with Crippen molar-refractivity contribution in [3.8, 4) is 11.3 Å². The molecule has 0 bridgehead atoms. The van der Waals surface area contributed by atoms with Crippen LogP contribution in [0.1, 0.15) is 15.9 Å². The summed E-state index contributed by atoms with van der Waals surface area (Å²) in [5, 5.41) is 7.81. The molecule has 4 aromatic rings. The highest BCUT2D eigenvalue weighted by Gasteiger charge is 2.16.